The molecule has 1 aromatic rings. The van der Waals surface area contributed by atoms with Gasteiger partial charge in [0.25, 0.3) is 0 Å². The summed E-state index contributed by atoms with van der Waals surface area (Å²) in [7, 11) is 2.13. The second kappa shape index (κ2) is 5.84. The molecule has 1 unspecified atom stereocenters. The van der Waals surface area contributed by atoms with E-state index in [1.54, 1.807) is 0 Å². The van der Waals surface area contributed by atoms with Crippen molar-refractivity contribution in [1.29, 1.82) is 0 Å². The standard InChI is InChI=1S/C13H21N5O2S/c1-9-7-16(2)5-6-17(9)12-14-15-13(21-8-11(19)20)18(12)10-3-4-10/h9-10H,3-8H2,1-2H3,(H,19,20). The molecule has 7 nitrogen and oxygen atoms in total. The number of hydrogen-bond donors (Lipinski definition) is 1. The number of rotatable bonds is 5. The third kappa shape index (κ3) is 3.16. The van der Waals surface area contributed by atoms with E-state index < -0.39 is 5.97 Å². The molecule has 1 saturated carbocycles. The van der Waals surface area contributed by atoms with E-state index in [2.05, 4.69) is 38.5 Å². The molecule has 0 radical (unpaired) electrons. The Balaban J connectivity index is 1.83. The summed E-state index contributed by atoms with van der Waals surface area (Å²) in [6.45, 7) is 5.16. The molecule has 21 heavy (non-hydrogen) atoms. The van der Waals surface area contributed by atoms with Crippen molar-refractivity contribution >= 4 is 23.7 Å². The van der Waals surface area contributed by atoms with Gasteiger partial charge >= 0.3 is 5.97 Å². The van der Waals surface area contributed by atoms with Gasteiger partial charge in [-0.25, -0.2) is 0 Å². The lowest BCUT2D eigenvalue weighted by atomic mass is 10.2. The van der Waals surface area contributed by atoms with E-state index >= 15 is 0 Å². The number of aliphatic carboxylic acids is 1. The average molecular weight is 311 g/mol. The molecule has 8 heteroatoms. The molecule has 0 amide bonds. The van der Waals surface area contributed by atoms with Gasteiger partial charge in [0.15, 0.2) is 5.16 Å². The maximum atomic E-state index is 10.8. The maximum absolute atomic E-state index is 10.8. The van der Waals surface area contributed by atoms with Gasteiger partial charge in [0.05, 0.1) is 5.75 Å². The highest BCUT2D eigenvalue weighted by Gasteiger charge is 2.34. The number of aromatic nitrogens is 3. The number of carbonyl (C=O) groups is 1. The van der Waals surface area contributed by atoms with Crippen LogP contribution in [-0.2, 0) is 4.79 Å². The Hall–Kier alpha value is -1.28. The molecule has 1 aromatic heterocycles. The summed E-state index contributed by atoms with van der Waals surface area (Å²) in [5, 5.41) is 18.2. The van der Waals surface area contributed by atoms with Crippen molar-refractivity contribution in [1.82, 2.24) is 19.7 Å². The molecule has 1 atom stereocenters. The van der Waals surface area contributed by atoms with Crippen molar-refractivity contribution in [2.24, 2.45) is 0 Å². The van der Waals surface area contributed by atoms with Crippen LogP contribution >= 0.6 is 11.8 Å². The van der Waals surface area contributed by atoms with Gasteiger partial charge in [-0.1, -0.05) is 11.8 Å². The van der Waals surface area contributed by atoms with E-state index in [1.807, 2.05) is 0 Å². The van der Waals surface area contributed by atoms with Crippen LogP contribution < -0.4 is 4.90 Å². The third-order valence-corrected chi connectivity index (χ3v) is 4.90. The monoisotopic (exact) mass is 311 g/mol. The minimum absolute atomic E-state index is 0.0309. The molecule has 1 saturated heterocycles. The molecule has 1 aliphatic carbocycles. The average Bonchev–Trinajstić information content (AvgIpc) is 3.17. The second-order valence-electron chi connectivity index (χ2n) is 5.87. The molecule has 0 spiro atoms. The van der Waals surface area contributed by atoms with Crippen LogP contribution in [0.15, 0.2) is 5.16 Å². The Morgan fingerprint density at radius 1 is 1.38 bits per heavy atom. The van der Waals surface area contributed by atoms with Gasteiger partial charge in [-0.05, 0) is 26.8 Å². The van der Waals surface area contributed by atoms with Crippen LogP contribution in [0.3, 0.4) is 0 Å². The molecule has 1 N–H and O–H groups in total. The fraction of sp³-hybridized carbons (Fsp3) is 0.769. The van der Waals surface area contributed by atoms with E-state index in [0.717, 1.165) is 43.6 Å². The highest BCUT2D eigenvalue weighted by Crippen LogP contribution is 2.41. The Labute approximate surface area is 128 Å². The molecule has 3 rings (SSSR count). The van der Waals surface area contributed by atoms with E-state index in [9.17, 15) is 4.79 Å². The summed E-state index contributed by atoms with van der Waals surface area (Å²) < 4.78 is 2.15. The van der Waals surface area contributed by atoms with Gasteiger partial charge < -0.3 is 14.9 Å². The predicted molar refractivity (Wildman–Crippen MR) is 81.0 cm³/mol. The van der Waals surface area contributed by atoms with Gasteiger partial charge in [0, 0.05) is 31.7 Å². The smallest absolute Gasteiger partial charge is 0.313 e. The van der Waals surface area contributed by atoms with Crippen molar-refractivity contribution < 1.29 is 9.90 Å². The second-order valence-corrected chi connectivity index (χ2v) is 6.81. The number of nitrogens with zero attached hydrogens (tertiary/aromatic N) is 5. The first kappa shape index (κ1) is 14.6. The van der Waals surface area contributed by atoms with E-state index in [1.165, 1.54) is 11.8 Å². The number of carboxylic acids is 1. The zero-order chi connectivity index (χ0) is 15.0. The highest BCUT2D eigenvalue weighted by molar-refractivity contribution is 7.99. The predicted octanol–water partition coefficient (Wildman–Crippen LogP) is 0.930. The minimum Gasteiger partial charge on any atom is -0.481 e. The van der Waals surface area contributed by atoms with Crippen LogP contribution in [0, 0.1) is 0 Å². The molecule has 2 heterocycles. The molecule has 1 aliphatic heterocycles. The zero-order valence-corrected chi connectivity index (χ0v) is 13.2. The van der Waals surface area contributed by atoms with Gasteiger partial charge in [0.2, 0.25) is 5.95 Å². The number of hydrogen-bond acceptors (Lipinski definition) is 6. The van der Waals surface area contributed by atoms with Crippen LogP contribution in [0.2, 0.25) is 0 Å². The number of thioether (sulfide) groups is 1. The lowest BCUT2D eigenvalue weighted by molar-refractivity contribution is -0.133. The Kier molecular flexibility index (Phi) is 4.08. The number of likely N-dealkylation sites (N-methyl/N-ethyl adjacent to an activating group) is 1. The molecular weight excluding hydrogens is 290 g/mol. The van der Waals surface area contributed by atoms with Gasteiger partial charge in [0.1, 0.15) is 0 Å². The summed E-state index contributed by atoms with van der Waals surface area (Å²) in [6, 6.07) is 0.834. The molecule has 2 aliphatic rings. The van der Waals surface area contributed by atoms with Crippen molar-refractivity contribution in [2.45, 2.75) is 37.0 Å². The molecule has 0 bridgehead atoms. The zero-order valence-electron chi connectivity index (χ0n) is 12.4. The fourth-order valence-corrected chi connectivity index (χ4v) is 3.50. The Morgan fingerprint density at radius 3 is 2.76 bits per heavy atom. The van der Waals surface area contributed by atoms with Crippen LogP contribution in [0.25, 0.3) is 0 Å². The van der Waals surface area contributed by atoms with Crippen LogP contribution in [0.4, 0.5) is 5.95 Å². The summed E-state index contributed by atoms with van der Waals surface area (Å²) >= 11 is 1.26. The Morgan fingerprint density at radius 2 is 2.14 bits per heavy atom. The molecular formula is C13H21N5O2S. The molecule has 0 aromatic carbocycles. The number of anilines is 1. The first-order valence-electron chi connectivity index (χ1n) is 7.31. The highest BCUT2D eigenvalue weighted by atomic mass is 32.2. The van der Waals surface area contributed by atoms with E-state index in [-0.39, 0.29) is 5.75 Å². The van der Waals surface area contributed by atoms with Gasteiger partial charge in [-0.2, -0.15) is 0 Å². The first-order valence-corrected chi connectivity index (χ1v) is 8.29. The van der Waals surface area contributed by atoms with E-state index in [0.29, 0.717) is 12.1 Å². The van der Waals surface area contributed by atoms with Gasteiger partial charge in [-0.3, -0.25) is 9.36 Å². The lowest BCUT2D eigenvalue weighted by Crippen LogP contribution is -2.51. The normalized spacial score (nSPS) is 23.5. The topological polar surface area (TPSA) is 74.5 Å². The first-order chi connectivity index (χ1) is 10.1. The molecule has 2 fully saturated rings. The summed E-state index contributed by atoms with van der Waals surface area (Å²) in [6.07, 6.45) is 2.27. The van der Waals surface area contributed by atoms with Crippen LogP contribution in [0.1, 0.15) is 25.8 Å². The van der Waals surface area contributed by atoms with Crippen molar-refractivity contribution in [3.8, 4) is 0 Å². The molecule has 116 valence electrons. The summed E-state index contributed by atoms with van der Waals surface area (Å²) in [5.74, 6) is 0.120. The minimum atomic E-state index is -0.820. The van der Waals surface area contributed by atoms with E-state index in [4.69, 9.17) is 5.11 Å². The summed E-state index contributed by atoms with van der Waals surface area (Å²) in [4.78, 5) is 15.4. The number of carboxylic acid groups (broad SMARTS) is 1. The lowest BCUT2D eigenvalue weighted by Gasteiger charge is -2.38. The quantitative estimate of drug-likeness (QED) is 0.811. The number of piperazine rings is 1. The van der Waals surface area contributed by atoms with Crippen molar-refractivity contribution in [2.75, 3.05) is 37.3 Å². The van der Waals surface area contributed by atoms with Crippen LogP contribution in [0.5, 0.6) is 0 Å². The van der Waals surface area contributed by atoms with Crippen LogP contribution in [-0.4, -0.2) is 69.2 Å². The third-order valence-electron chi connectivity index (χ3n) is 3.97. The van der Waals surface area contributed by atoms with Gasteiger partial charge in [-0.15, -0.1) is 10.2 Å². The van der Waals surface area contributed by atoms with Crippen molar-refractivity contribution in [3.63, 3.8) is 0 Å². The fourth-order valence-electron chi connectivity index (χ4n) is 2.78. The Bertz CT molecular complexity index is 531. The van der Waals surface area contributed by atoms with Crippen molar-refractivity contribution in [3.05, 3.63) is 0 Å². The largest absolute Gasteiger partial charge is 0.481 e. The maximum Gasteiger partial charge on any atom is 0.313 e. The SMILES string of the molecule is CC1CN(C)CCN1c1nnc(SCC(=O)O)n1C1CC1. The summed E-state index contributed by atoms with van der Waals surface area (Å²) in [5.41, 5.74) is 0.